The monoisotopic (exact) mass is 600 g/mol. The number of aromatic nitrogens is 4. The first-order valence-electron chi connectivity index (χ1n) is 13.0. The Morgan fingerprint density at radius 1 is 1.20 bits per heavy atom. The molecular formula is C26H29ClN8O5S. The molecule has 0 spiro atoms. The van der Waals surface area contributed by atoms with Crippen LogP contribution in [0, 0.1) is 23.2 Å². The quantitative estimate of drug-likeness (QED) is 0.201. The van der Waals surface area contributed by atoms with Crippen LogP contribution in [0.3, 0.4) is 0 Å². The first kappa shape index (κ1) is 28.7. The number of hydrogen-bond acceptors (Lipinski definition) is 12. The number of ether oxygens (including phenoxy) is 2. The molecule has 3 aromatic rings. The maximum absolute atomic E-state index is 13.2. The van der Waals surface area contributed by atoms with Gasteiger partial charge in [0.1, 0.15) is 0 Å². The number of halogens is 1. The highest BCUT2D eigenvalue weighted by molar-refractivity contribution is 7.16. The summed E-state index contributed by atoms with van der Waals surface area (Å²) in [7, 11) is 1.50. The summed E-state index contributed by atoms with van der Waals surface area (Å²) in [4.78, 5) is 52.6. The number of hydrogen-bond donors (Lipinski definition) is 4. The summed E-state index contributed by atoms with van der Waals surface area (Å²) >= 11 is 7.38. The normalized spacial score (nSPS) is 24.2. The smallest absolute Gasteiger partial charge is 0.320 e. The number of nitrogens with zero attached hydrogens (tertiary/aromatic N) is 4. The second kappa shape index (κ2) is 11.6. The lowest BCUT2D eigenvalue weighted by Gasteiger charge is -2.30. The van der Waals surface area contributed by atoms with Gasteiger partial charge >= 0.3 is 11.9 Å². The van der Waals surface area contributed by atoms with E-state index in [9.17, 15) is 14.4 Å². The number of rotatable bonds is 9. The molecule has 41 heavy (non-hydrogen) atoms. The second-order valence-corrected chi connectivity index (χ2v) is 11.4. The molecule has 0 bridgehead atoms. The van der Waals surface area contributed by atoms with Crippen LogP contribution in [-0.4, -0.2) is 76.3 Å². The molecule has 13 nitrogen and oxygen atoms in total. The predicted octanol–water partition coefficient (Wildman–Crippen LogP) is 0.811. The summed E-state index contributed by atoms with van der Waals surface area (Å²) in [6.45, 7) is 1.85. The third-order valence-electron chi connectivity index (χ3n) is 7.28. The standard InChI is InChI=1S/C26H29ClN8O5S/c1-3-8-31-23-19-24(34-16(33-23)7-5-13-4-6-15(27)41-13)35(12-32-19)20-14-9-26(14,25(38)30-2)22(40-18(37)11-29)21(20)39-17(36)10-28/h4,6,12,14,20-22H,3,8-11,28-29H2,1-2H3,(H,30,38)(H,31,33,34). The number of anilines is 1. The molecule has 0 radical (unpaired) electrons. The van der Waals surface area contributed by atoms with E-state index in [1.807, 2.05) is 13.0 Å². The minimum Gasteiger partial charge on any atom is -0.456 e. The Morgan fingerprint density at radius 2 is 1.95 bits per heavy atom. The highest BCUT2D eigenvalue weighted by Gasteiger charge is 2.78. The van der Waals surface area contributed by atoms with Gasteiger partial charge in [-0.3, -0.25) is 14.4 Å². The largest absolute Gasteiger partial charge is 0.456 e. The van der Waals surface area contributed by atoms with E-state index >= 15 is 0 Å². The SMILES string of the molecule is CCCNc1nc(C#Cc2ccc(Cl)s2)nc2c1ncn2C1C(OC(=O)CN)C(OC(=O)CN)C2(C(=O)NC)CC12. The number of amides is 1. The van der Waals surface area contributed by atoms with Crippen LogP contribution in [0.25, 0.3) is 11.2 Å². The van der Waals surface area contributed by atoms with Crippen molar-refractivity contribution in [3.63, 3.8) is 0 Å². The fraction of sp³-hybridized carbons (Fsp3) is 0.462. The maximum Gasteiger partial charge on any atom is 0.320 e. The predicted molar refractivity (Wildman–Crippen MR) is 151 cm³/mol. The van der Waals surface area contributed by atoms with Crippen molar-refractivity contribution >= 4 is 57.8 Å². The van der Waals surface area contributed by atoms with Gasteiger partial charge in [-0.2, -0.15) is 0 Å². The Labute approximate surface area is 244 Å². The van der Waals surface area contributed by atoms with Gasteiger partial charge in [0.05, 0.1) is 40.1 Å². The Hall–Kier alpha value is -3.77. The van der Waals surface area contributed by atoms with E-state index in [0.29, 0.717) is 34.3 Å². The Morgan fingerprint density at radius 3 is 2.61 bits per heavy atom. The maximum atomic E-state index is 13.2. The van der Waals surface area contributed by atoms with Crippen molar-refractivity contribution in [2.75, 3.05) is 32.0 Å². The highest BCUT2D eigenvalue weighted by atomic mass is 35.5. The van der Waals surface area contributed by atoms with E-state index in [2.05, 4.69) is 32.4 Å². The van der Waals surface area contributed by atoms with Gasteiger partial charge in [0, 0.05) is 19.5 Å². The van der Waals surface area contributed by atoms with Crippen LogP contribution in [0.1, 0.15) is 36.5 Å². The summed E-state index contributed by atoms with van der Waals surface area (Å²) in [6.07, 6.45) is 0.629. The topological polar surface area (TPSA) is 189 Å². The molecular weight excluding hydrogens is 572 g/mol. The van der Waals surface area contributed by atoms with Crippen LogP contribution in [0.2, 0.25) is 4.34 Å². The summed E-state index contributed by atoms with van der Waals surface area (Å²) in [5.74, 6) is 4.59. The zero-order chi connectivity index (χ0) is 29.3. The molecule has 0 aliphatic heterocycles. The number of imidazole rings is 1. The Bertz CT molecular complexity index is 1560. The lowest BCUT2D eigenvalue weighted by Crippen LogP contribution is -2.47. The average Bonchev–Trinajstić information content (AvgIpc) is 3.21. The van der Waals surface area contributed by atoms with Crippen molar-refractivity contribution in [3.8, 4) is 11.8 Å². The van der Waals surface area contributed by atoms with Gasteiger partial charge in [-0.05, 0) is 36.8 Å². The second-order valence-electron chi connectivity index (χ2n) is 9.69. The van der Waals surface area contributed by atoms with E-state index in [1.165, 1.54) is 18.4 Å². The van der Waals surface area contributed by atoms with Gasteiger partial charge in [-0.15, -0.1) is 11.3 Å². The van der Waals surface area contributed by atoms with Gasteiger partial charge < -0.3 is 36.1 Å². The molecule has 5 unspecified atom stereocenters. The number of thiophene rings is 1. The van der Waals surface area contributed by atoms with Gasteiger partial charge in [0.15, 0.2) is 29.2 Å². The molecule has 2 aliphatic carbocycles. The number of carbonyl (C=O) groups is 3. The third-order valence-corrected chi connectivity index (χ3v) is 8.43. The molecule has 2 fully saturated rings. The van der Waals surface area contributed by atoms with Crippen molar-refractivity contribution in [1.82, 2.24) is 24.8 Å². The fourth-order valence-electron chi connectivity index (χ4n) is 5.48. The van der Waals surface area contributed by atoms with E-state index in [1.54, 1.807) is 17.0 Å². The van der Waals surface area contributed by atoms with Crippen molar-refractivity contribution < 1.29 is 23.9 Å². The number of nitrogens with one attached hydrogen (secondary N) is 2. The summed E-state index contributed by atoms with van der Waals surface area (Å²) in [5, 5.41) is 5.94. The van der Waals surface area contributed by atoms with Crippen molar-refractivity contribution in [3.05, 3.63) is 33.5 Å². The first-order valence-corrected chi connectivity index (χ1v) is 14.2. The molecule has 3 heterocycles. The number of esters is 2. The van der Waals surface area contributed by atoms with Crippen LogP contribution in [0.4, 0.5) is 5.82 Å². The summed E-state index contributed by atoms with van der Waals surface area (Å²) < 4.78 is 13.8. The van der Waals surface area contributed by atoms with Crippen LogP contribution in [-0.2, 0) is 23.9 Å². The number of carbonyl (C=O) groups excluding carboxylic acids is 3. The van der Waals surface area contributed by atoms with Crippen LogP contribution >= 0.6 is 22.9 Å². The summed E-state index contributed by atoms with van der Waals surface area (Å²) in [6, 6.07) is 2.91. The fourth-order valence-corrected chi connectivity index (χ4v) is 6.38. The molecule has 0 aromatic carbocycles. The molecule has 5 rings (SSSR count). The average molecular weight is 601 g/mol. The van der Waals surface area contributed by atoms with Crippen molar-refractivity contribution in [2.45, 2.75) is 38.0 Å². The minimum absolute atomic E-state index is 0.232. The molecule has 2 saturated carbocycles. The van der Waals surface area contributed by atoms with Gasteiger partial charge in [0.2, 0.25) is 11.7 Å². The van der Waals surface area contributed by atoms with E-state index in [0.717, 1.165) is 11.3 Å². The first-order chi connectivity index (χ1) is 19.8. The number of fused-ring (bicyclic) bond motifs is 2. The number of nitrogens with two attached hydrogens (primary N) is 2. The van der Waals surface area contributed by atoms with Crippen molar-refractivity contribution in [1.29, 1.82) is 0 Å². The van der Waals surface area contributed by atoms with Crippen LogP contribution < -0.4 is 22.1 Å². The summed E-state index contributed by atoms with van der Waals surface area (Å²) in [5.41, 5.74) is 10.8. The highest BCUT2D eigenvalue weighted by Crippen LogP contribution is 2.69. The molecule has 5 atom stereocenters. The van der Waals surface area contributed by atoms with Crippen LogP contribution in [0.15, 0.2) is 18.5 Å². The zero-order valence-corrected chi connectivity index (χ0v) is 23.9. The van der Waals surface area contributed by atoms with Gasteiger partial charge in [-0.1, -0.05) is 18.5 Å². The Kier molecular flexibility index (Phi) is 8.14. The molecule has 0 saturated heterocycles. The Balaban J connectivity index is 1.64. The van der Waals surface area contributed by atoms with E-state index < -0.39 is 48.7 Å². The molecule has 2 aliphatic rings. The zero-order valence-electron chi connectivity index (χ0n) is 22.3. The van der Waals surface area contributed by atoms with E-state index in [-0.39, 0.29) is 17.6 Å². The lowest BCUT2D eigenvalue weighted by atomic mass is 9.97. The van der Waals surface area contributed by atoms with Crippen LogP contribution in [0.5, 0.6) is 0 Å². The van der Waals surface area contributed by atoms with Crippen molar-refractivity contribution in [2.24, 2.45) is 22.8 Å². The lowest BCUT2D eigenvalue weighted by molar-refractivity contribution is -0.172. The third kappa shape index (κ3) is 5.21. The van der Waals surface area contributed by atoms with Gasteiger partial charge in [-0.25, -0.2) is 15.0 Å². The van der Waals surface area contributed by atoms with E-state index in [4.69, 9.17) is 37.5 Å². The molecule has 3 aromatic heterocycles. The molecule has 15 heteroatoms. The molecule has 216 valence electrons. The minimum atomic E-state index is -1.13. The van der Waals surface area contributed by atoms with Gasteiger partial charge in [0.25, 0.3) is 0 Å². The molecule has 1 amide bonds. The molecule has 6 N–H and O–H groups in total.